The van der Waals surface area contributed by atoms with E-state index >= 15 is 0 Å². The first kappa shape index (κ1) is 15.9. The second-order valence-corrected chi connectivity index (χ2v) is 7.31. The first-order chi connectivity index (χ1) is 8.82. The Morgan fingerprint density at radius 1 is 1.21 bits per heavy atom. The van der Waals surface area contributed by atoms with E-state index in [1.807, 2.05) is 0 Å². The summed E-state index contributed by atoms with van der Waals surface area (Å²) in [4.78, 5) is 24.6. The van der Waals surface area contributed by atoms with E-state index in [-0.39, 0.29) is 6.42 Å². The maximum absolute atomic E-state index is 12.2. The highest BCUT2D eigenvalue weighted by atomic mass is 32.2. The maximum atomic E-state index is 12.2. The van der Waals surface area contributed by atoms with Crippen LogP contribution in [0.5, 0.6) is 0 Å². The van der Waals surface area contributed by atoms with Crippen LogP contribution in [0.3, 0.4) is 0 Å². The number of sulfone groups is 1. The minimum atomic E-state index is -3.99. The van der Waals surface area contributed by atoms with E-state index in [0.717, 1.165) is 19.3 Å². The first-order valence-corrected chi connectivity index (χ1v) is 8.17. The number of nitrogens with zero attached hydrogens (tertiary/aromatic N) is 1. The van der Waals surface area contributed by atoms with Crippen LogP contribution < -0.4 is 0 Å². The van der Waals surface area contributed by atoms with Crippen molar-refractivity contribution in [3.05, 3.63) is 0 Å². The highest BCUT2D eigenvalue weighted by Crippen LogP contribution is 2.18. The minimum absolute atomic E-state index is 0.0325. The fourth-order valence-electron chi connectivity index (χ4n) is 2.31. The quantitative estimate of drug-likeness (QED) is 0.803. The summed E-state index contributed by atoms with van der Waals surface area (Å²) in [5, 5.41) is 6.16. The summed E-state index contributed by atoms with van der Waals surface area (Å²) in [6, 6.07) is 0. The van der Waals surface area contributed by atoms with Gasteiger partial charge >= 0.3 is 5.97 Å². The van der Waals surface area contributed by atoms with Gasteiger partial charge in [0.15, 0.2) is 15.1 Å². The van der Waals surface area contributed by atoms with Gasteiger partial charge in [-0.15, -0.1) is 0 Å². The molecule has 0 radical (unpaired) electrons. The number of carbonyl (C=O) groups is 2. The van der Waals surface area contributed by atoms with E-state index in [4.69, 9.17) is 5.11 Å². The molecule has 1 fully saturated rings. The molecule has 1 aliphatic heterocycles. The van der Waals surface area contributed by atoms with Crippen molar-refractivity contribution in [2.75, 3.05) is 13.1 Å². The smallest absolute Gasteiger partial charge is 0.321 e. The molecule has 1 rings (SSSR count). The Morgan fingerprint density at radius 3 is 2.16 bits per heavy atom. The van der Waals surface area contributed by atoms with Crippen molar-refractivity contribution < 1.29 is 23.1 Å². The summed E-state index contributed by atoms with van der Waals surface area (Å²) < 4.78 is 24.3. The van der Waals surface area contributed by atoms with Gasteiger partial charge in [-0.1, -0.05) is 6.92 Å². The lowest BCUT2D eigenvalue weighted by molar-refractivity contribution is -0.136. The number of hydrogen-bond acceptors (Lipinski definition) is 4. The van der Waals surface area contributed by atoms with Crippen LogP contribution in [0.4, 0.5) is 0 Å². The van der Waals surface area contributed by atoms with Gasteiger partial charge in [0.1, 0.15) is 5.25 Å². The first-order valence-electron chi connectivity index (χ1n) is 6.56. The SMILES string of the molecule is CCC(C(=O)O)S(=O)(=O)C(C)C(=O)N1CCCCC1. The number of likely N-dealkylation sites (tertiary alicyclic amines) is 1. The van der Waals surface area contributed by atoms with Gasteiger partial charge in [0, 0.05) is 13.1 Å². The molecule has 0 aromatic heterocycles. The van der Waals surface area contributed by atoms with Gasteiger partial charge in [-0.2, -0.15) is 0 Å². The third-order valence-corrected chi connectivity index (χ3v) is 6.07. The standard InChI is InChI=1S/C12H21NO5S/c1-3-10(12(15)16)19(17,18)9(2)11(14)13-7-5-4-6-8-13/h9-10H,3-8H2,1-2H3,(H,15,16). The number of hydrogen-bond donors (Lipinski definition) is 1. The Kier molecular flexibility index (Phi) is 5.34. The van der Waals surface area contributed by atoms with Crippen LogP contribution in [0, 0.1) is 0 Å². The second kappa shape index (κ2) is 6.36. The zero-order valence-electron chi connectivity index (χ0n) is 11.3. The molecule has 0 aromatic rings. The molecule has 7 heteroatoms. The van der Waals surface area contributed by atoms with Gasteiger partial charge in [-0.05, 0) is 32.6 Å². The van der Waals surface area contributed by atoms with Gasteiger partial charge in [0.2, 0.25) is 5.91 Å². The zero-order chi connectivity index (χ0) is 14.6. The average molecular weight is 291 g/mol. The average Bonchev–Trinajstić information content (AvgIpc) is 2.38. The van der Waals surface area contributed by atoms with E-state index in [1.165, 1.54) is 18.7 Å². The monoisotopic (exact) mass is 291 g/mol. The summed E-state index contributed by atoms with van der Waals surface area (Å²) in [5.74, 6) is -1.86. The van der Waals surface area contributed by atoms with Crippen molar-refractivity contribution in [3.63, 3.8) is 0 Å². The van der Waals surface area contributed by atoms with Gasteiger partial charge in [-0.25, -0.2) is 8.42 Å². The highest BCUT2D eigenvalue weighted by Gasteiger charge is 2.40. The molecule has 0 aliphatic carbocycles. The number of amides is 1. The van der Waals surface area contributed by atoms with Crippen molar-refractivity contribution in [1.82, 2.24) is 4.90 Å². The van der Waals surface area contributed by atoms with Crippen LogP contribution in [0.2, 0.25) is 0 Å². The molecule has 0 spiro atoms. The van der Waals surface area contributed by atoms with Crippen molar-refractivity contribution >= 4 is 21.7 Å². The lowest BCUT2D eigenvalue weighted by Gasteiger charge is -2.29. The Hall–Kier alpha value is -1.11. The number of rotatable bonds is 5. The van der Waals surface area contributed by atoms with Crippen molar-refractivity contribution in [2.24, 2.45) is 0 Å². The van der Waals surface area contributed by atoms with Crippen LogP contribution in [0.25, 0.3) is 0 Å². The lowest BCUT2D eigenvalue weighted by atomic mass is 10.1. The summed E-state index contributed by atoms with van der Waals surface area (Å²) in [6.45, 7) is 3.90. The molecule has 0 aromatic carbocycles. The molecule has 1 heterocycles. The molecule has 1 aliphatic rings. The Morgan fingerprint density at radius 2 is 1.74 bits per heavy atom. The number of carboxylic acid groups (broad SMARTS) is 1. The fraction of sp³-hybridized carbons (Fsp3) is 0.833. The predicted molar refractivity (Wildman–Crippen MR) is 70.5 cm³/mol. The van der Waals surface area contributed by atoms with Gasteiger partial charge < -0.3 is 10.0 Å². The summed E-state index contributed by atoms with van der Waals surface area (Å²) in [6.07, 6.45) is 2.75. The molecule has 2 atom stereocenters. The molecule has 2 unspecified atom stereocenters. The molecule has 6 nitrogen and oxygen atoms in total. The Labute approximate surface area is 113 Å². The second-order valence-electron chi connectivity index (χ2n) is 4.85. The largest absolute Gasteiger partial charge is 0.480 e. The topological polar surface area (TPSA) is 91.7 Å². The van der Waals surface area contributed by atoms with Gasteiger partial charge in [-0.3, -0.25) is 9.59 Å². The molecule has 19 heavy (non-hydrogen) atoms. The molecule has 110 valence electrons. The number of piperidine rings is 1. The molecule has 1 N–H and O–H groups in total. The van der Waals surface area contributed by atoms with E-state index < -0.39 is 32.2 Å². The highest BCUT2D eigenvalue weighted by molar-refractivity contribution is 7.94. The van der Waals surface area contributed by atoms with Crippen LogP contribution in [0.15, 0.2) is 0 Å². The van der Waals surface area contributed by atoms with Gasteiger partial charge in [0.05, 0.1) is 0 Å². The Balaban J connectivity index is 2.87. The van der Waals surface area contributed by atoms with Crippen LogP contribution in [-0.2, 0) is 19.4 Å². The summed E-state index contributed by atoms with van der Waals surface area (Å²) in [5.41, 5.74) is 0. The summed E-state index contributed by atoms with van der Waals surface area (Å²) >= 11 is 0. The van der Waals surface area contributed by atoms with E-state index in [0.29, 0.717) is 13.1 Å². The van der Waals surface area contributed by atoms with Crippen molar-refractivity contribution in [1.29, 1.82) is 0 Å². The van der Waals surface area contributed by atoms with E-state index in [2.05, 4.69) is 0 Å². The third-order valence-electron chi connectivity index (χ3n) is 3.55. The van der Waals surface area contributed by atoms with Crippen molar-refractivity contribution in [3.8, 4) is 0 Å². The normalized spacial score (nSPS) is 19.8. The molecule has 1 saturated heterocycles. The zero-order valence-corrected chi connectivity index (χ0v) is 12.1. The molecule has 0 saturated carbocycles. The van der Waals surface area contributed by atoms with Crippen LogP contribution in [-0.4, -0.2) is 53.9 Å². The Bertz CT molecular complexity index is 439. The number of carbonyl (C=O) groups excluding carboxylic acids is 1. The van der Waals surface area contributed by atoms with E-state index in [1.54, 1.807) is 0 Å². The molecule has 0 bridgehead atoms. The van der Waals surface area contributed by atoms with Crippen LogP contribution >= 0.6 is 0 Å². The van der Waals surface area contributed by atoms with Crippen LogP contribution in [0.1, 0.15) is 39.5 Å². The maximum Gasteiger partial charge on any atom is 0.321 e. The summed E-state index contributed by atoms with van der Waals surface area (Å²) in [7, 11) is -3.99. The lowest BCUT2D eigenvalue weighted by Crippen LogP contribution is -2.47. The molecular weight excluding hydrogens is 270 g/mol. The van der Waals surface area contributed by atoms with Crippen molar-refractivity contribution in [2.45, 2.75) is 50.0 Å². The third kappa shape index (κ3) is 3.46. The minimum Gasteiger partial charge on any atom is -0.480 e. The number of carboxylic acids is 1. The van der Waals surface area contributed by atoms with E-state index in [9.17, 15) is 18.0 Å². The number of aliphatic carboxylic acids is 1. The van der Waals surface area contributed by atoms with Gasteiger partial charge in [0.25, 0.3) is 0 Å². The fourth-order valence-corrected chi connectivity index (χ4v) is 3.97. The molecular formula is C12H21NO5S. The molecule has 1 amide bonds. The predicted octanol–water partition coefficient (Wildman–Crippen LogP) is 0.665.